The minimum atomic E-state index is -4.62. The van der Waals surface area contributed by atoms with Crippen LogP contribution in [0.15, 0.2) is 108 Å². The Morgan fingerprint density at radius 3 is 2.17 bits per heavy atom. The third-order valence-corrected chi connectivity index (χ3v) is 9.27. The number of sulfonamides is 1. The lowest BCUT2D eigenvalue weighted by atomic mass is 10.0. The predicted octanol–water partition coefficient (Wildman–Crippen LogP) is 7.39. The number of rotatable bonds is 7. The highest BCUT2D eigenvalue weighted by molar-refractivity contribution is 7.89. The second kappa shape index (κ2) is 12.5. The van der Waals surface area contributed by atoms with Crippen LogP contribution in [0.5, 0.6) is 11.6 Å². The van der Waals surface area contributed by atoms with E-state index in [1.54, 1.807) is 48.5 Å². The highest BCUT2D eigenvalue weighted by Gasteiger charge is 2.41. The van der Waals surface area contributed by atoms with Crippen molar-refractivity contribution in [1.82, 2.24) is 19.6 Å². The van der Waals surface area contributed by atoms with Gasteiger partial charge in [0.1, 0.15) is 11.4 Å². The molecule has 3 heterocycles. The van der Waals surface area contributed by atoms with Crippen LogP contribution in [0, 0.1) is 0 Å². The smallest absolute Gasteiger partial charge is 0.417 e. The summed E-state index contributed by atoms with van der Waals surface area (Å²) >= 11 is 0. The highest BCUT2D eigenvalue weighted by atomic mass is 32.2. The standard InChI is InChI=1S/C33H24F6N4O4S/c34-32(35,36)22-7-11-25(12-8-22)48(45,46)42-27-16-17-43(30(27)20-4-2-1-3-5-20)31(44)28-13-6-21-18-24(10-14-26(21)41-28)47-29-15-9-23(19-40-29)33(37,38)39/h1-15,18-19,27,30,42H,16-17H2/t27-,30-/m0/s1. The average Bonchev–Trinajstić information content (AvgIpc) is 3.46. The number of ether oxygens (including phenoxy) is 1. The zero-order valence-electron chi connectivity index (χ0n) is 24.5. The van der Waals surface area contributed by atoms with E-state index in [1.807, 2.05) is 0 Å². The summed E-state index contributed by atoms with van der Waals surface area (Å²) < 4.78 is 112. The maximum Gasteiger partial charge on any atom is 0.417 e. The molecule has 1 fully saturated rings. The number of nitrogens with one attached hydrogen (secondary N) is 1. The maximum absolute atomic E-state index is 13.9. The number of carbonyl (C=O) groups is 1. The van der Waals surface area contributed by atoms with Crippen molar-refractivity contribution in [2.75, 3.05) is 6.54 Å². The van der Waals surface area contributed by atoms with Crippen LogP contribution in [-0.2, 0) is 22.4 Å². The highest BCUT2D eigenvalue weighted by Crippen LogP contribution is 2.36. The van der Waals surface area contributed by atoms with E-state index in [1.165, 1.54) is 17.0 Å². The van der Waals surface area contributed by atoms with Crippen LogP contribution < -0.4 is 9.46 Å². The predicted molar refractivity (Wildman–Crippen MR) is 161 cm³/mol. The van der Waals surface area contributed by atoms with E-state index in [-0.39, 0.29) is 35.2 Å². The van der Waals surface area contributed by atoms with E-state index in [9.17, 15) is 39.6 Å². The fraction of sp³-hybridized carbons (Fsp3) is 0.182. The minimum absolute atomic E-state index is 0.0494. The summed E-state index contributed by atoms with van der Waals surface area (Å²) in [6.07, 6.45) is -8.27. The largest absolute Gasteiger partial charge is 0.439 e. The average molecular weight is 687 g/mol. The second-order valence-electron chi connectivity index (χ2n) is 10.9. The fourth-order valence-electron chi connectivity index (χ4n) is 5.46. The van der Waals surface area contributed by atoms with E-state index in [4.69, 9.17) is 4.74 Å². The van der Waals surface area contributed by atoms with Gasteiger partial charge in [0, 0.05) is 30.2 Å². The Kier molecular flexibility index (Phi) is 8.60. The van der Waals surface area contributed by atoms with E-state index in [2.05, 4.69) is 14.7 Å². The molecule has 1 aliphatic heterocycles. The number of nitrogens with zero attached hydrogens (tertiary/aromatic N) is 3. The van der Waals surface area contributed by atoms with Crippen LogP contribution in [0.4, 0.5) is 26.3 Å². The molecule has 3 aromatic carbocycles. The number of alkyl halides is 6. The van der Waals surface area contributed by atoms with E-state index < -0.39 is 51.5 Å². The maximum atomic E-state index is 13.9. The molecule has 48 heavy (non-hydrogen) atoms. The molecule has 5 aromatic rings. The number of likely N-dealkylation sites (tertiary alicyclic amines) is 1. The van der Waals surface area contributed by atoms with Crippen molar-refractivity contribution in [3.05, 3.63) is 126 Å². The van der Waals surface area contributed by atoms with Crippen molar-refractivity contribution < 1.29 is 44.3 Å². The number of fused-ring (bicyclic) bond motifs is 1. The molecule has 248 valence electrons. The summed E-state index contributed by atoms with van der Waals surface area (Å²) in [5.74, 6) is -0.245. The normalized spacial score (nSPS) is 17.1. The van der Waals surface area contributed by atoms with Gasteiger partial charge in [0.05, 0.1) is 27.6 Å². The molecule has 8 nitrogen and oxygen atoms in total. The lowest BCUT2D eigenvalue weighted by Crippen LogP contribution is -2.41. The molecule has 1 N–H and O–H groups in total. The van der Waals surface area contributed by atoms with Crippen LogP contribution in [0.25, 0.3) is 10.9 Å². The number of amides is 1. The molecule has 6 rings (SSSR count). The van der Waals surface area contributed by atoms with E-state index in [0.717, 1.165) is 24.3 Å². The number of pyridine rings is 2. The number of halogens is 6. The molecule has 0 radical (unpaired) electrons. The summed E-state index contributed by atoms with van der Waals surface area (Å²) in [4.78, 5) is 23.2. The summed E-state index contributed by atoms with van der Waals surface area (Å²) in [6.45, 7) is 0.158. The Labute approximate surface area is 270 Å². The molecule has 2 atom stereocenters. The van der Waals surface area contributed by atoms with Crippen LogP contribution in [0.3, 0.4) is 0 Å². The number of benzene rings is 3. The SMILES string of the molecule is O=C(c1ccc2cc(Oc3ccc(C(F)(F)F)cn3)ccc2n1)N1CC[C@H](NS(=O)(=O)c2ccc(C(F)(F)F)cc2)[C@@H]1c1ccccc1. The van der Waals surface area contributed by atoms with Crippen molar-refractivity contribution in [3.8, 4) is 11.6 Å². The van der Waals surface area contributed by atoms with Crippen molar-refractivity contribution in [3.63, 3.8) is 0 Å². The number of carbonyl (C=O) groups excluding carboxylic acids is 1. The van der Waals surface area contributed by atoms with Crippen molar-refractivity contribution >= 4 is 26.8 Å². The molecule has 1 amide bonds. The Hall–Kier alpha value is -5.02. The Balaban J connectivity index is 1.22. The van der Waals surface area contributed by atoms with Crippen LogP contribution in [0.1, 0.15) is 39.6 Å². The summed E-state index contributed by atoms with van der Waals surface area (Å²) in [6, 6.07) is 20.1. The topological polar surface area (TPSA) is 101 Å². The van der Waals surface area contributed by atoms with Crippen LogP contribution >= 0.6 is 0 Å². The van der Waals surface area contributed by atoms with Crippen LogP contribution in [-0.4, -0.2) is 41.8 Å². The first kappa shape index (κ1) is 32.9. The first-order valence-electron chi connectivity index (χ1n) is 14.4. The van der Waals surface area contributed by atoms with Gasteiger partial charge in [-0.15, -0.1) is 0 Å². The molecule has 1 aliphatic rings. The molecule has 2 aromatic heterocycles. The minimum Gasteiger partial charge on any atom is -0.439 e. The lowest BCUT2D eigenvalue weighted by Gasteiger charge is -2.29. The first-order chi connectivity index (χ1) is 22.7. The molecule has 0 unspecified atom stereocenters. The molecule has 0 spiro atoms. The third kappa shape index (κ3) is 6.96. The fourth-order valence-corrected chi connectivity index (χ4v) is 6.73. The number of hydrogen-bond donors (Lipinski definition) is 1. The van der Waals surface area contributed by atoms with Gasteiger partial charge in [-0.1, -0.05) is 36.4 Å². The molecule has 0 bridgehead atoms. The number of aromatic nitrogens is 2. The van der Waals surface area contributed by atoms with E-state index in [0.29, 0.717) is 34.8 Å². The van der Waals surface area contributed by atoms with Crippen molar-refractivity contribution in [2.24, 2.45) is 0 Å². The summed E-state index contributed by atoms with van der Waals surface area (Å²) in [5, 5.41) is 0.569. The van der Waals surface area contributed by atoms with Gasteiger partial charge in [0.2, 0.25) is 15.9 Å². The van der Waals surface area contributed by atoms with Gasteiger partial charge >= 0.3 is 12.4 Å². The molecular formula is C33H24F6N4O4S. The second-order valence-corrected chi connectivity index (χ2v) is 12.6. The van der Waals surface area contributed by atoms with Gasteiger partial charge in [0.15, 0.2) is 0 Å². The third-order valence-electron chi connectivity index (χ3n) is 7.76. The van der Waals surface area contributed by atoms with Gasteiger partial charge in [-0.3, -0.25) is 4.79 Å². The van der Waals surface area contributed by atoms with Crippen LogP contribution in [0.2, 0.25) is 0 Å². The summed E-state index contributed by atoms with van der Waals surface area (Å²) in [5.41, 5.74) is -0.756. The van der Waals surface area contributed by atoms with Gasteiger partial charge in [-0.05, 0) is 66.6 Å². The summed E-state index contributed by atoms with van der Waals surface area (Å²) in [7, 11) is -4.26. The van der Waals surface area contributed by atoms with Gasteiger partial charge in [-0.25, -0.2) is 23.1 Å². The molecular weight excluding hydrogens is 662 g/mol. The quantitative estimate of drug-likeness (QED) is 0.179. The molecule has 0 aliphatic carbocycles. The molecule has 1 saturated heterocycles. The van der Waals surface area contributed by atoms with Crippen molar-refractivity contribution in [2.45, 2.75) is 35.8 Å². The Morgan fingerprint density at radius 1 is 0.833 bits per heavy atom. The first-order valence-corrected chi connectivity index (χ1v) is 15.8. The van der Waals surface area contributed by atoms with Gasteiger partial charge < -0.3 is 9.64 Å². The molecule has 15 heteroatoms. The molecule has 0 saturated carbocycles. The van der Waals surface area contributed by atoms with Gasteiger partial charge in [-0.2, -0.15) is 26.3 Å². The zero-order valence-corrected chi connectivity index (χ0v) is 25.4. The van der Waals surface area contributed by atoms with Gasteiger partial charge in [0.25, 0.3) is 5.91 Å². The number of hydrogen-bond acceptors (Lipinski definition) is 6. The lowest BCUT2D eigenvalue weighted by molar-refractivity contribution is -0.138. The Bertz CT molecular complexity index is 2060. The monoisotopic (exact) mass is 686 g/mol. The Morgan fingerprint density at radius 2 is 1.52 bits per heavy atom. The van der Waals surface area contributed by atoms with Crippen molar-refractivity contribution in [1.29, 1.82) is 0 Å². The zero-order chi connectivity index (χ0) is 34.3. The van der Waals surface area contributed by atoms with E-state index >= 15 is 0 Å².